The van der Waals surface area contributed by atoms with Gasteiger partial charge in [-0.05, 0) is 41.8 Å². The van der Waals surface area contributed by atoms with Crippen LogP contribution in [0.2, 0.25) is 5.02 Å². The van der Waals surface area contributed by atoms with E-state index in [4.69, 9.17) is 16.0 Å². The molecule has 0 aliphatic heterocycles. The molecule has 144 valence electrons. The largest absolute Gasteiger partial charge is 0.459 e. The number of carbonyl (C=O) groups is 2. The first-order chi connectivity index (χ1) is 13.6. The molecule has 0 aliphatic rings. The van der Waals surface area contributed by atoms with Crippen LogP contribution in [-0.2, 0) is 4.79 Å². The molecule has 5 nitrogen and oxygen atoms in total. The zero-order valence-electron chi connectivity index (χ0n) is 15.2. The normalized spacial score (nSPS) is 11.6. The third-order valence-electron chi connectivity index (χ3n) is 4.25. The van der Waals surface area contributed by atoms with Gasteiger partial charge in [0.25, 0.3) is 5.91 Å². The Balaban J connectivity index is 1.55. The van der Waals surface area contributed by atoms with Gasteiger partial charge in [0.05, 0.1) is 12.3 Å². The predicted molar refractivity (Wildman–Crippen MR) is 108 cm³/mol. The lowest BCUT2D eigenvalue weighted by molar-refractivity contribution is -0.121. The van der Waals surface area contributed by atoms with Gasteiger partial charge in [-0.2, -0.15) is 0 Å². The van der Waals surface area contributed by atoms with Crippen LogP contribution >= 0.6 is 11.6 Å². The smallest absolute Gasteiger partial charge is 0.286 e. The Kier molecular flexibility index (Phi) is 6.87. The molecule has 1 unspecified atom stereocenters. The molecule has 2 aromatic carbocycles. The molecule has 0 aliphatic carbocycles. The van der Waals surface area contributed by atoms with E-state index >= 15 is 0 Å². The van der Waals surface area contributed by atoms with Gasteiger partial charge in [0.2, 0.25) is 5.91 Å². The third-order valence-corrected chi connectivity index (χ3v) is 4.50. The highest BCUT2D eigenvalue weighted by Crippen LogP contribution is 2.23. The van der Waals surface area contributed by atoms with E-state index < -0.39 is 0 Å². The van der Waals surface area contributed by atoms with E-state index in [9.17, 15) is 9.59 Å². The van der Waals surface area contributed by atoms with E-state index in [0.717, 1.165) is 11.1 Å². The van der Waals surface area contributed by atoms with Crippen LogP contribution in [0.15, 0.2) is 77.4 Å². The molecule has 0 fully saturated rings. The number of furan rings is 1. The van der Waals surface area contributed by atoms with Crippen LogP contribution in [0.1, 0.15) is 40.6 Å². The van der Waals surface area contributed by atoms with Crippen molar-refractivity contribution in [3.8, 4) is 0 Å². The first-order valence-electron chi connectivity index (χ1n) is 9.05. The first kappa shape index (κ1) is 19.7. The number of hydrogen-bond acceptors (Lipinski definition) is 3. The van der Waals surface area contributed by atoms with Gasteiger partial charge in [-0.1, -0.05) is 54.1 Å². The second kappa shape index (κ2) is 9.76. The second-order valence-corrected chi connectivity index (χ2v) is 6.74. The monoisotopic (exact) mass is 396 g/mol. The topological polar surface area (TPSA) is 71.3 Å². The number of rotatable bonds is 8. The van der Waals surface area contributed by atoms with Crippen LogP contribution in [0.5, 0.6) is 0 Å². The van der Waals surface area contributed by atoms with Crippen molar-refractivity contribution < 1.29 is 14.0 Å². The van der Waals surface area contributed by atoms with Crippen molar-refractivity contribution in [2.75, 3.05) is 6.54 Å². The standard InChI is InChI=1S/C22H21ClN2O3/c23-18-12-10-17(11-13-18)21(16-6-2-1-3-7-16)25-20(26)9-4-14-24-22(27)19-8-5-15-28-19/h1-3,5-8,10-13,15,21H,4,9,14H2,(H,24,27)(H,25,26). The Morgan fingerprint density at radius 1 is 0.929 bits per heavy atom. The summed E-state index contributed by atoms with van der Waals surface area (Å²) in [5.74, 6) is -0.110. The van der Waals surface area contributed by atoms with Crippen LogP contribution in [0.4, 0.5) is 0 Å². The summed E-state index contributed by atoms with van der Waals surface area (Å²) in [5, 5.41) is 6.45. The predicted octanol–water partition coefficient (Wildman–Crippen LogP) is 4.35. The van der Waals surface area contributed by atoms with Crippen LogP contribution in [0.3, 0.4) is 0 Å². The highest BCUT2D eigenvalue weighted by molar-refractivity contribution is 6.30. The summed E-state index contributed by atoms with van der Waals surface area (Å²) in [5.41, 5.74) is 1.94. The van der Waals surface area contributed by atoms with Crippen molar-refractivity contribution in [1.82, 2.24) is 10.6 Å². The zero-order chi connectivity index (χ0) is 19.8. The molecule has 6 heteroatoms. The SMILES string of the molecule is O=C(CCCNC(=O)c1ccco1)NC(c1ccccc1)c1ccc(Cl)cc1. The highest BCUT2D eigenvalue weighted by atomic mass is 35.5. The minimum absolute atomic E-state index is 0.0870. The fourth-order valence-corrected chi connectivity index (χ4v) is 2.96. The van der Waals surface area contributed by atoms with Crippen LogP contribution in [-0.4, -0.2) is 18.4 Å². The van der Waals surface area contributed by atoms with Crippen LogP contribution < -0.4 is 10.6 Å². The van der Waals surface area contributed by atoms with Gasteiger partial charge in [0, 0.05) is 18.0 Å². The lowest BCUT2D eigenvalue weighted by Crippen LogP contribution is -2.30. The van der Waals surface area contributed by atoms with Gasteiger partial charge in [-0.15, -0.1) is 0 Å². The van der Waals surface area contributed by atoms with E-state index in [1.807, 2.05) is 54.6 Å². The molecule has 0 saturated heterocycles. The number of amides is 2. The third kappa shape index (κ3) is 5.47. The van der Waals surface area contributed by atoms with E-state index in [-0.39, 0.29) is 23.6 Å². The minimum Gasteiger partial charge on any atom is -0.459 e. The number of halogens is 1. The molecular formula is C22H21ClN2O3. The molecule has 0 bridgehead atoms. The fraction of sp³-hybridized carbons (Fsp3) is 0.182. The van der Waals surface area contributed by atoms with E-state index in [1.165, 1.54) is 6.26 Å². The molecular weight excluding hydrogens is 376 g/mol. The summed E-state index contributed by atoms with van der Waals surface area (Å²) < 4.78 is 5.03. The Bertz CT molecular complexity index is 893. The van der Waals surface area contributed by atoms with E-state index in [1.54, 1.807) is 12.1 Å². The number of hydrogen-bond donors (Lipinski definition) is 2. The summed E-state index contributed by atoms with van der Waals surface area (Å²) in [6, 6.07) is 20.2. The maximum Gasteiger partial charge on any atom is 0.286 e. The quantitative estimate of drug-likeness (QED) is 0.556. The Morgan fingerprint density at radius 2 is 1.64 bits per heavy atom. The molecule has 3 rings (SSSR count). The fourth-order valence-electron chi connectivity index (χ4n) is 2.84. The van der Waals surface area contributed by atoms with Crippen molar-refractivity contribution in [2.24, 2.45) is 0 Å². The number of benzene rings is 2. The second-order valence-electron chi connectivity index (χ2n) is 6.30. The minimum atomic E-state index is -0.284. The summed E-state index contributed by atoms with van der Waals surface area (Å²) in [6.07, 6.45) is 2.28. The maximum atomic E-state index is 12.5. The van der Waals surface area contributed by atoms with E-state index in [2.05, 4.69) is 10.6 Å². The lowest BCUT2D eigenvalue weighted by atomic mass is 9.98. The molecule has 3 aromatic rings. The lowest BCUT2D eigenvalue weighted by Gasteiger charge is -2.20. The van der Waals surface area contributed by atoms with Gasteiger partial charge in [0.1, 0.15) is 0 Å². The molecule has 1 atom stereocenters. The van der Waals surface area contributed by atoms with Gasteiger partial charge in [-0.3, -0.25) is 9.59 Å². The molecule has 1 aromatic heterocycles. The highest BCUT2D eigenvalue weighted by Gasteiger charge is 2.16. The first-order valence-corrected chi connectivity index (χ1v) is 9.43. The van der Waals surface area contributed by atoms with Gasteiger partial charge in [0.15, 0.2) is 5.76 Å². The molecule has 1 heterocycles. The molecule has 2 amide bonds. The van der Waals surface area contributed by atoms with Crippen LogP contribution in [0, 0.1) is 0 Å². The van der Waals surface area contributed by atoms with Gasteiger partial charge >= 0.3 is 0 Å². The summed E-state index contributed by atoms with van der Waals surface area (Å²) in [7, 11) is 0. The average molecular weight is 397 g/mol. The Hall–Kier alpha value is -3.05. The molecule has 28 heavy (non-hydrogen) atoms. The van der Waals surface area contributed by atoms with Crippen molar-refractivity contribution >= 4 is 23.4 Å². The summed E-state index contributed by atoms with van der Waals surface area (Å²) in [6.45, 7) is 0.393. The average Bonchev–Trinajstić information content (AvgIpc) is 3.26. The summed E-state index contributed by atoms with van der Waals surface area (Å²) >= 11 is 5.99. The zero-order valence-corrected chi connectivity index (χ0v) is 16.0. The van der Waals surface area contributed by atoms with E-state index in [0.29, 0.717) is 24.4 Å². The van der Waals surface area contributed by atoms with Crippen molar-refractivity contribution in [3.63, 3.8) is 0 Å². The molecule has 2 N–H and O–H groups in total. The molecule has 0 radical (unpaired) electrons. The van der Waals surface area contributed by atoms with Gasteiger partial charge in [-0.25, -0.2) is 0 Å². The Morgan fingerprint density at radius 3 is 2.32 bits per heavy atom. The Labute approximate surface area is 168 Å². The number of carbonyl (C=O) groups excluding carboxylic acids is 2. The molecule has 0 saturated carbocycles. The summed E-state index contributed by atoms with van der Waals surface area (Å²) in [4.78, 5) is 24.3. The van der Waals surface area contributed by atoms with Crippen LogP contribution in [0.25, 0.3) is 0 Å². The van der Waals surface area contributed by atoms with Crippen molar-refractivity contribution in [3.05, 3.63) is 94.9 Å². The van der Waals surface area contributed by atoms with Crippen molar-refractivity contribution in [1.29, 1.82) is 0 Å². The maximum absolute atomic E-state index is 12.5. The van der Waals surface area contributed by atoms with Gasteiger partial charge < -0.3 is 15.1 Å². The molecule has 0 spiro atoms. The number of nitrogens with one attached hydrogen (secondary N) is 2. The van der Waals surface area contributed by atoms with Crippen molar-refractivity contribution in [2.45, 2.75) is 18.9 Å².